The Hall–Kier alpha value is -0.900. The maximum atomic E-state index is 9.29. The van der Waals surface area contributed by atoms with E-state index in [4.69, 9.17) is 0 Å². The molecule has 0 spiro atoms. The van der Waals surface area contributed by atoms with E-state index in [1.807, 2.05) is 0 Å². The first-order valence-electron chi connectivity index (χ1n) is 8.74. The van der Waals surface area contributed by atoms with Gasteiger partial charge in [0.05, 0.1) is 0 Å². The first-order valence-corrected chi connectivity index (χ1v) is 8.74. The lowest BCUT2D eigenvalue weighted by atomic mass is 10.1. The molecule has 0 aliphatic rings. The van der Waals surface area contributed by atoms with Crippen LogP contribution in [0.5, 0.6) is 0 Å². The van der Waals surface area contributed by atoms with Gasteiger partial charge in [-0.2, -0.15) is 0 Å². The van der Waals surface area contributed by atoms with Crippen LogP contribution in [0.3, 0.4) is 0 Å². The predicted molar refractivity (Wildman–Crippen MR) is 87.3 cm³/mol. The van der Waals surface area contributed by atoms with Crippen molar-refractivity contribution in [2.24, 2.45) is 0 Å². The zero-order valence-corrected chi connectivity index (χ0v) is 14.1. The largest absolute Gasteiger partial charge is 0.388 e. The Balaban J connectivity index is 2.17. The summed E-state index contributed by atoms with van der Waals surface area (Å²) < 4.78 is 2.07. The smallest absolute Gasteiger partial charge is 0.159 e. The third-order valence-corrected chi connectivity index (χ3v) is 4.00. The molecule has 0 aromatic carbocycles. The average molecular weight is 295 g/mol. The summed E-state index contributed by atoms with van der Waals surface area (Å²) in [6.07, 6.45) is 13.0. The molecule has 4 heteroatoms. The third-order valence-electron chi connectivity index (χ3n) is 4.00. The van der Waals surface area contributed by atoms with E-state index in [0.717, 1.165) is 12.2 Å². The summed E-state index contributed by atoms with van der Waals surface area (Å²) in [5.41, 5.74) is 0. The van der Waals surface area contributed by atoms with E-state index >= 15 is 0 Å². The summed E-state index contributed by atoms with van der Waals surface area (Å²) in [5.74, 6) is 1.72. The van der Waals surface area contributed by atoms with Gasteiger partial charge in [0.25, 0.3) is 0 Å². The number of aromatic nitrogens is 3. The molecular weight excluding hydrogens is 262 g/mol. The van der Waals surface area contributed by atoms with Crippen LogP contribution in [-0.2, 0) is 13.0 Å². The van der Waals surface area contributed by atoms with Gasteiger partial charge in [-0.25, -0.2) is 0 Å². The van der Waals surface area contributed by atoms with Crippen LogP contribution in [0.2, 0.25) is 0 Å². The molecular formula is C17H33N3O. The highest BCUT2D eigenvalue weighted by molar-refractivity contribution is 4.97. The quantitative estimate of drug-likeness (QED) is 0.581. The predicted octanol–water partition coefficient (Wildman–Crippen LogP) is 4.42. The molecule has 0 saturated carbocycles. The molecule has 1 aromatic heterocycles. The number of aliphatic hydroxyl groups is 1. The van der Waals surface area contributed by atoms with Gasteiger partial charge < -0.3 is 9.67 Å². The van der Waals surface area contributed by atoms with Crippen LogP contribution in [0, 0.1) is 0 Å². The molecule has 4 nitrogen and oxygen atoms in total. The second kappa shape index (κ2) is 10.8. The Kier molecular flexibility index (Phi) is 9.31. The Labute approximate surface area is 130 Å². The lowest BCUT2D eigenvalue weighted by molar-refractivity contribution is 0.261. The lowest BCUT2D eigenvalue weighted by Gasteiger charge is -2.12. The highest BCUT2D eigenvalue weighted by atomic mass is 16.3. The molecule has 0 saturated heterocycles. The second-order valence-corrected chi connectivity index (χ2v) is 6.23. The topological polar surface area (TPSA) is 50.9 Å². The number of aliphatic hydroxyl groups excluding tert-OH is 1. The van der Waals surface area contributed by atoms with Gasteiger partial charge in [-0.05, 0) is 20.3 Å². The van der Waals surface area contributed by atoms with E-state index in [-0.39, 0.29) is 6.61 Å². The van der Waals surface area contributed by atoms with Gasteiger partial charge in [0, 0.05) is 12.5 Å². The van der Waals surface area contributed by atoms with Crippen molar-refractivity contribution in [1.82, 2.24) is 14.8 Å². The van der Waals surface area contributed by atoms with Gasteiger partial charge in [0.15, 0.2) is 5.82 Å². The van der Waals surface area contributed by atoms with E-state index < -0.39 is 0 Å². The van der Waals surface area contributed by atoms with Gasteiger partial charge in [0.1, 0.15) is 12.4 Å². The zero-order valence-electron chi connectivity index (χ0n) is 14.1. The van der Waals surface area contributed by atoms with Gasteiger partial charge in [-0.3, -0.25) is 0 Å². The van der Waals surface area contributed by atoms with Crippen molar-refractivity contribution in [3.8, 4) is 0 Å². The Bertz CT molecular complexity index is 374. The Morgan fingerprint density at radius 3 is 1.90 bits per heavy atom. The molecule has 0 amide bonds. The maximum Gasteiger partial charge on any atom is 0.159 e. The van der Waals surface area contributed by atoms with E-state index in [0.29, 0.717) is 11.9 Å². The van der Waals surface area contributed by atoms with E-state index in [1.54, 1.807) is 0 Å². The molecule has 0 bridgehead atoms. The van der Waals surface area contributed by atoms with Gasteiger partial charge in [-0.1, -0.05) is 58.3 Å². The van der Waals surface area contributed by atoms with Crippen LogP contribution in [0.25, 0.3) is 0 Å². The van der Waals surface area contributed by atoms with E-state index in [9.17, 15) is 5.11 Å². The SMILES string of the molecule is CCCCCCCCCCCc1nnc(CO)n1C(C)C. The molecule has 0 radical (unpaired) electrons. The zero-order chi connectivity index (χ0) is 15.5. The number of unbranched alkanes of at least 4 members (excludes halogenated alkanes) is 8. The molecule has 0 aliphatic heterocycles. The first kappa shape index (κ1) is 18.1. The van der Waals surface area contributed by atoms with Crippen molar-refractivity contribution in [2.45, 2.75) is 97.6 Å². The van der Waals surface area contributed by atoms with Crippen LogP contribution in [0.15, 0.2) is 0 Å². The lowest BCUT2D eigenvalue weighted by Crippen LogP contribution is -2.10. The Morgan fingerprint density at radius 2 is 1.38 bits per heavy atom. The summed E-state index contributed by atoms with van der Waals surface area (Å²) in [6.45, 7) is 6.46. The molecule has 21 heavy (non-hydrogen) atoms. The summed E-state index contributed by atoms with van der Waals surface area (Å²) >= 11 is 0. The minimum absolute atomic E-state index is 0.0249. The average Bonchev–Trinajstić information content (AvgIpc) is 2.88. The van der Waals surface area contributed by atoms with Crippen molar-refractivity contribution in [1.29, 1.82) is 0 Å². The normalized spacial score (nSPS) is 11.5. The molecule has 1 heterocycles. The molecule has 0 unspecified atom stereocenters. The number of hydrogen-bond acceptors (Lipinski definition) is 3. The van der Waals surface area contributed by atoms with Crippen molar-refractivity contribution < 1.29 is 5.11 Å². The minimum Gasteiger partial charge on any atom is -0.388 e. The van der Waals surface area contributed by atoms with Gasteiger partial charge in [-0.15, -0.1) is 10.2 Å². The number of rotatable bonds is 12. The molecule has 122 valence electrons. The molecule has 1 N–H and O–H groups in total. The van der Waals surface area contributed by atoms with Crippen molar-refractivity contribution in [2.75, 3.05) is 0 Å². The fourth-order valence-corrected chi connectivity index (χ4v) is 2.83. The maximum absolute atomic E-state index is 9.29. The van der Waals surface area contributed by atoms with Crippen LogP contribution in [-0.4, -0.2) is 19.9 Å². The molecule has 1 rings (SSSR count). The Morgan fingerprint density at radius 1 is 0.857 bits per heavy atom. The highest BCUT2D eigenvalue weighted by Gasteiger charge is 2.13. The van der Waals surface area contributed by atoms with Crippen molar-refractivity contribution in [3.63, 3.8) is 0 Å². The van der Waals surface area contributed by atoms with Crippen LogP contribution in [0.4, 0.5) is 0 Å². The first-order chi connectivity index (χ1) is 10.2. The van der Waals surface area contributed by atoms with Gasteiger partial charge in [0.2, 0.25) is 0 Å². The minimum atomic E-state index is -0.0249. The van der Waals surface area contributed by atoms with Crippen molar-refractivity contribution in [3.05, 3.63) is 11.6 Å². The number of hydrogen-bond donors (Lipinski definition) is 1. The van der Waals surface area contributed by atoms with E-state index in [2.05, 4.69) is 35.5 Å². The van der Waals surface area contributed by atoms with Gasteiger partial charge >= 0.3 is 0 Å². The molecule has 0 aliphatic carbocycles. The molecule has 1 aromatic rings. The number of aryl methyl sites for hydroxylation is 1. The fraction of sp³-hybridized carbons (Fsp3) is 0.882. The fourth-order valence-electron chi connectivity index (χ4n) is 2.83. The van der Waals surface area contributed by atoms with Crippen LogP contribution < -0.4 is 0 Å². The standard InChI is InChI=1S/C17H33N3O/c1-4-5-6-7-8-9-10-11-12-13-16-18-19-17(14-21)20(16)15(2)3/h15,21H,4-14H2,1-3H3. The molecule has 0 atom stereocenters. The summed E-state index contributed by atoms with van der Waals surface area (Å²) in [7, 11) is 0. The highest BCUT2D eigenvalue weighted by Crippen LogP contribution is 2.15. The number of nitrogens with zero attached hydrogens (tertiary/aromatic N) is 3. The summed E-state index contributed by atoms with van der Waals surface area (Å²) in [4.78, 5) is 0. The third kappa shape index (κ3) is 6.60. The molecule has 0 fully saturated rings. The second-order valence-electron chi connectivity index (χ2n) is 6.23. The van der Waals surface area contributed by atoms with Crippen molar-refractivity contribution >= 4 is 0 Å². The summed E-state index contributed by atoms with van der Waals surface area (Å²) in [5, 5.41) is 17.6. The van der Waals surface area contributed by atoms with Crippen LogP contribution >= 0.6 is 0 Å². The monoisotopic (exact) mass is 295 g/mol. The van der Waals surface area contributed by atoms with Crippen LogP contribution in [0.1, 0.15) is 96.2 Å². The van der Waals surface area contributed by atoms with E-state index in [1.165, 1.54) is 57.8 Å². The summed E-state index contributed by atoms with van der Waals surface area (Å²) in [6, 6.07) is 0.315.